The Hall–Kier alpha value is -2.82. The number of hydrogen-bond acceptors (Lipinski definition) is 9. The number of nitrogens with one attached hydrogen (secondary N) is 2. The number of ether oxygens (including phenoxy) is 3. The van der Waals surface area contributed by atoms with Crippen LogP contribution in [0.15, 0.2) is 22.9 Å². The molecule has 0 unspecified atom stereocenters. The zero-order chi connectivity index (χ0) is 23.9. The Balaban J connectivity index is 1.67. The summed E-state index contributed by atoms with van der Waals surface area (Å²) in [5.41, 5.74) is -1.34. The number of carbonyl (C=O) groups excluding carboxylic acids is 3. The van der Waals surface area contributed by atoms with Crippen molar-refractivity contribution in [2.45, 2.75) is 26.4 Å². The van der Waals surface area contributed by atoms with E-state index in [0.717, 1.165) is 12.1 Å². The van der Waals surface area contributed by atoms with E-state index in [0.29, 0.717) is 6.54 Å². The number of allylic oxidation sites excluding steroid dienone is 2. The fourth-order valence-corrected chi connectivity index (χ4v) is 3.00. The molecule has 1 aliphatic rings. The molecule has 0 atom stereocenters. The third kappa shape index (κ3) is 6.84. The second kappa shape index (κ2) is 11.2. The van der Waals surface area contributed by atoms with Crippen molar-refractivity contribution in [2.75, 3.05) is 39.5 Å². The molecule has 0 aliphatic heterocycles. The average Bonchev–Trinajstić information content (AvgIpc) is 2.70. The van der Waals surface area contributed by atoms with E-state index in [9.17, 15) is 24.6 Å². The quantitative estimate of drug-likeness (QED) is 0.298. The minimum atomic E-state index is -0.758. The predicted octanol–water partition coefficient (Wildman–Crippen LogP) is 2.07. The summed E-state index contributed by atoms with van der Waals surface area (Å²) in [6.07, 6.45) is -0.515. The number of phenols is 2. The van der Waals surface area contributed by atoms with Crippen molar-refractivity contribution in [1.82, 2.24) is 10.6 Å². The minimum Gasteiger partial charge on any atom is -0.507 e. The Kier molecular flexibility index (Phi) is 8.88. The largest absolute Gasteiger partial charge is 0.507 e. The van der Waals surface area contributed by atoms with Crippen molar-refractivity contribution in [1.29, 1.82) is 0 Å². The van der Waals surface area contributed by atoms with Gasteiger partial charge in [-0.25, -0.2) is 4.79 Å². The van der Waals surface area contributed by atoms with Gasteiger partial charge in [-0.05, 0) is 32.9 Å². The molecular weight excluding hydrogens is 444 g/mol. The number of amides is 1. The van der Waals surface area contributed by atoms with Gasteiger partial charge in [-0.1, -0.05) is 11.6 Å². The highest BCUT2D eigenvalue weighted by Crippen LogP contribution is 2.37. The van der Waals surface area contributed by atoms with Gasteiger partial charge in [-0.3, -0.25) is 9.59 Å². The van der Waals surface area contributed by atoms with E-state index < -0.39 is 34.8 Å². The summed E-state index contributed by atoms with van der Waals surface area (Å²) in [4.78, 5) is 36.5. The molecule has 0 fully saturated rings. The van der Waals surface area contributed by atoms with Crippen LogP contribution in [-0.4, -0.2) is 73.0 Å². The third-order valence-electron chi connectivity index (χ3n) is 4.10. The van der Waals surface area contributed by atoms with Crippen LogP contribution in [0.25, 0.3) is 0 Å². The first-order valence-electron chi connectivity index (χ1n) is 9.93. The molecule has 10 nitrogen and oxygen atoms in total. The molecule has 176 valence electrons. The van der Waals surface area contributed by atoms with Crippen molar-refractivity contribution in [2.24, 2.45) is 0 Å². The second-order valence-corrected chi connectivity index (χ2v) is 8.16. The van der Waals surface area contributed by atoms with Gasteiger partial charge in [0, 0.05) is 13.1 Å². The summed E-state index contributed by atoms with van der Waals surface area (Å²) in [7, 11) is 0. The third-order valence-corrected chi connectivity index (χ3v) is 4.46. The SMILES string of the molecule is CC(C)(C)OC(=O)NCCOCCOCCNC1=C(Cl)C(=O)c2c(O)ccc(O)c2C1=O. The number of rotatable bonds is 10. The highest BCUT2D eigenvalue weighted by Gasteiger charge is 2.35. The Morgan fingerprint density at radius 2 is 1.47 bits per heavy atom. The fraction of sp³-hybridized carbons (Fsp3) is 0.476. The number of hydrogen-bond donors (Lipinski definition) is 4. The van der Waals surface area contributed by atoms with Gasteiger partial charge in [-0.15, -0.1) is 0 Å². The molecular formula is C21H27ClN2O8. The van der Waals surface area contributed by atoms with Crippen molar-refractivity contribution < 1.29 is 38.8 Å². The first-order valence-corrected chi connectivity index (χ1v) is 10.3. The van der Waals surface area contributed by atoms with Crippen molar-refractivity contribution in [3.63, 3.8) is 0 Å². The maximum atomic E-state index is 12.6. The lowest BCUT2D eigenvalue weighted by atomic mass is 9.90. The van der Waals surface area contributed by atoms with E-state index in [1.807, 2.05) is 0 Å². The molecule has 32 heavy (non-hydrogen) atoms. The lowest BCUT2D eigenvalue weighted by Gasteiger charge is -2.20. The molecule has 1 aliphatic carbocycles. The van der Waals surface area contributed by atoms with E-state index in [1.54, 1.807) is 20.8 Å². The Bertz CT molecular complexity index is 908. The molecule has 0 radical (unpaired) electrons. The van der Waals surface area contributed by atoms with E-state index in [4.69, 9.17) is 25.8 Å². The van der Waals surface area contributed by atoms with Gasteiger partial charge in [0.05, 0.1) is 37.6 Å². The van der Waals surface area contributed by atoms with Crippen LogP contribution < -0.4 is 10.6 Å². The highest BCUT2D eigenvalue weighted by atomic mass is 35.5. The number of phenolic OH excluding ortho intramolecular Hbond substituents is 2. The second-order valence-electron chi connectivity index (χ2n) is 7.78. The molecule has 11 heteroatoms. The summed E-state index contributed by atoms with van der Waals surface area (Å²) in [6.45, 7) is 6.81. The van der Waals surface area contributed by atoms with E-state index in [1.165, 1.54) is 0 Å². The van der Waals surface area contributed by atoms with E-state index >= 15 is 0 Å². The number of aromatic hydroxyl groups is 2. The molecule has 0 saturated carbocycles. The molecule has 2 rings (SSSR count). The smallest absolute Gasteiger partial charge is 0.407 e. The fourth-order valence-electron chi connectivity index (χ4n) is 2.76. The standard InChI is InChI=1S/C21H27ClN2O8/c1-21(2,3)32-20(29)24-7-9-31-11-10-30-8-6-23-17-16(22)18(27)14-12(25)4-5-13(26)15(14)19(17)28/h4-5,23,25-26H,6-11H2,1-3H3,(H,24,29). The summed E-state index contributed by atoms with van der Waals surface area (Å²) in [5.74, 6) is -2.31. The zero-order valence-electron chi connectivity index (χ0n) is 18.1. The minimum absolute atomic E-state index is 0.166. The van der Waals surface area contributed by atoms with Crippen LogP contribution in [0, 0.1) is 0 Å². The molecule has 0 saturated heterocycles. The summed E-state index contributed by atoms with van der Waals surface area (Å²) in [5, 5.41) is 24.7. The van der Waals surface area contributed by atoms with Crippen LogP contribution in [0.2, 0.25) is 0 Å². The molecule has 4 N–H and O–H groups in total. The summed E-state index contributed by atoms with van der Waals surface area (Å²) < 4.78 is 15.8. The number of fused-ring (bicyclic) bond motifs is 1. The lowest BCUT2D eigenvalue weighted by Crippen LogP contribution is -2.34. The van der Waals surface area contributed by atoms with E-state index in [-0.39, 0.29) is 54.8 Å². The van der Waals surface area contributed by atoms with Crippen LogP contribution in [0.4, 0.5) is 4.79 Å². The number of ketones is 2. The van der Waals surface area contributed by atoms with Crippen LogP contribution >= 0.6 is 11.6 Å². The van der Waals surface area contributed by atoms with Crippen molar-refractivity contribution >= 4 is 29.3 Å². The van der Waals surface area contributed by atoms with Crippen LogP contribution in [0.1, 0.15) is 41.5 Å². The van der Waals surface area contributed by atoms with Crippen molar-refractivity contribution in [3.05, 3.63) is 34.0 Å². The average molecular weight is 471 g/mol. The molecule has 0 spiro atoms. The first kappa shape index (κ1) is 25.4. The van der Waals surface area contributed by atoms with Crippen LogP contribution in [0.3, 0.4) is 0 Å². The van der Waals surface area contributed by atoms with Gasteiger partial charge < -0.3 is 35.1 Å². The van der Waals surface area contributed by atoms with Gasteiger partial charge >= 0.3 is 6.09 Å². The maximum Gasteiger partial charge on any atom is 0.407 e. The number of carbonyl (C=O) groups is 3. The summed E-state index contributed by atoms with van der Waals surface area (Å²) >= 11 is 6.00. The molecule has 1 amide bonds. The number of halogens is 1. The Morgan fingerprint density at radius 1 is 0.938 bits per heavy atom. The Morgan fingerprint density at radius 3 is 2.03 bits per heavy atom. The molecule has 0 bridgehead atoms. The van der Waals surface area contributed by atoms with Gasteiger partial charge in [0.15, 0.2) is 0 Å². The Labute approximate surface area is 190 Å². The normalized spacial score (nSPS) is 13.8. The topological polar surface area (TPSA) is 143 Å². The number of Topliss-reactive ketones (excluding diaryl/α,β-unsaturated/α-hetero) is 2. The number of benzene rings is 1. The predicted molar refractivity (Wildman–Crippen MR) is 115 cm³/mol. The zero-order valence-corrected chi connectivity index (χ0v) is 18.9. The van der Waals surface area contributed by atoms with Gasteiger partial charge in [0.2, 0.25) is 11.6 Å². The van der Waals surface area contributed by atoms with Gasteiger partial charge in [0.25, 0.3) is 0 Å². The molecule has 1 aromatic rings. The summed E-state index contributed by atoms with van der Waals surface area (Å²) in [6, 6.07) is 2.24. The van der Waals surface area contributed by atoms with Gasteiger partial charge in [0.1, 0.15) is 27.8 Å². The van der Waals surface area contributed by atoms with Crippen LogP contribution in [-0.2, 0) is 14.2 Å². The number of alkyl carbamates (subject to hydrolysis) is 1. The van der Waals surface area contributed by atoms with E-state index in [2.05, 4.69) is 10.6 Å². The highest BCUT2D eigenvalue weighted by molar-refractivity contribution is 6.50. The van der Waals surface area contributed by atoms with Crippen LogP contribution in [0.5, 0.6) is 11.5 Å². The molecule has 0 aromatic heterocycles. The maximum absolute atomic E-state index is 12.6. The molecule has 0 heterocycles. The lowest BCUT2D eigenvalue weighted by molar-refractivity contribution is 0.0405. The van der Waals surface area contributed by atoms with Crippen molar-refractivity contribution in [3.8, 4) is 11.5 Å². The van der Waals surface area contributed by atoms with Gasteiger partial charge in [-0.2, -0.15) is 0 Å². The first-order chi connectivity index (χ1) is 15.0. The molecule has 1 aromatic carbocycles. The monoisotopic (exact) mass is 470 g/mol.